The average Bonchev–Trinajstić information content (AvgIpc) is 2.73. The second-order valence-corrected chi connectivity index (χ2v) is 7.61. The molecule has 0 amide bonds. The predicted molar refractivity (Wildman–Crippen MR) is 115 cm³/mol. The highest BCUT2D eigenvalue weighted by molar-refractivity contribution is 5.48. The third-order valence-corrected chi connectivity index (χ3v) is 5.59. The lowest BCUT2D eigenvalue weighted by Gasteiger charge is -2.25. The fraction of sp³-hybridized carbons (Fsp3) is 0.407. The lowest BCUT2D eigenvalue weighted by molar-refractivity contribution is 0.300. The molecule has 0 bridgehead atoms. The Balaban J connectivity index is 1.60. The van der Waals surface area contributed by atoms with E-state index >= 15 is 0 Å². The molecule has 1 fully saturated rings. The molecule has 0 radical (unpaired) electrons. The van der Waals surface area contributed by atoms with Gasteiger partial charge in [0.1, 0.15) is 0 Å². The minimum absolute atomic E-state index is 0.586. The molecule has 0 aromatic heterocycles. The third-order valence-electron chi connectivity index (χ3n) is 5.59. The first-order valence-corrected chi connectivity index (χ1v) is 10.5. The molecule has 1 aliphatic carbocycles. The topological polar surface area (TPSA) is 0 Å². The van der Waals surface area contributed by atoms with Crippen LogP contribution in [-0.4, -0.2) is 0 Å². The van der Waals surface area contributed by atoms with Crippen LogP contribution in [0.4, 0.5) is 0 Å². The molecule has 138 valence electrons. The van der Waals surface area contributed by atoms with Crippen molar-refractivity contribution in [1.29, 1.82) is 0 Å². The molecule has 2 aromatic carbocycles. The standard InChI is InChI=1S/C27H30/c1-3-7-22-10-12-23(13-11-22)14-15-24-16-18-25(19-17-24)20-21-27-9-6-5-8-26(27)4-2/h5-6,8-9,16-19,22-23H,3-4,7,10-13H2,1-2H3. The number of rotatable bonds is 3. The van der Waals surface area contributed by atoms with Gasteiger partial charge in [0.2, 0.25) is 0 Å². The van der Waals surface area contributed by atoms with Crippen LogP contribution in [0.1, 0.15) is 74.6 Å². The van der Waals surface area contributed by atoms with E-state index in [9.17, 15) is 0 Å². The van der Waals surface area contributed by atoms with Gasteiger partial charge in [-0.25, -0.2) is 0 Å². The van der Waals surface area contributed by atoms with Gasteiger partial charge in [-0.3, -0.25) is 0 Å². The molecular weight excluding hydrogens is 324 g/mol. The Bertz CT molecular complexity index is 841. The van der Waals surface area contributed by atoms with Gasteiger partial charge in [-0.2, -0.15) is 0 Å². The van der Waals surface area contributed by atoms with Gasteiger partial charge in [-0.15, -0.1) is 0 Å². The molecule has 0 unspecified atom stereocenters. The van der Waals surface area contributed by atoms with Gasteiger partial charge in [0.25, 0.3) is 0 Å². The minimum Gasteiger partial charge on any atom is -0.0945 e. The van der Waals surface area contributed by atoms with E-state index in [1.165, 1.54) is 44.1 Å². The van der Waals surface area contributed by atoms with Crippen LogP contribution in [-0.2, 0) is 6.42 Å². The first-order chi connectivity index (χ1) is 13.3. The van der Waals surface area contributed by atoms with Crippen molar-refractivity contribution < 1.29 is 0 Å². The number of benzene rings is 2. The fourth-order valence-corrected chi connectivity index (χ4v) is 3.92. The smallest absolute Gasteiger partial charge is 0.0280 e. The minimum atomic E-state index is 0.586. The molecule has 0 nitrogen and oxygen atoms in total. The van der Waals surface area contributed by atoms with E-state index in [2.05, 4.69) is 86.1 Å². The summed E-state index contributed by atoms with van der Waals surface area (Å²) in [6, 6.07) is 16.8. The molecule has 3 rings (SSSR count). The Morgan fingerprint density at radius 2 is 1.44 bits per heavy atom. The van der Waals surface area contributed by atoms with Crippen molar-refractivity contribution in [3.05, 3.63) is 70.8 Å². The van der Waals surface area contributed by atoms with Crippen LogP contribution in [0.2, 0.25) is 0 Å². The number of aryl methyl sites for hydroxylation is 1. The molecular formula is C27H30. The van der Waals surface area contributed by atoms with Gasteiger partial charge >= 0.3 is 0 Å². The zero-order valence-corrected chi connectivity index (χ0v) is 16.7. The van der Waals surface area contributed by atoms with Crippen molar-refractivity contribution >= 4 is 0 Å². The van der Waals surface area contributed by atoms with Crippen molar-refractivity contribution in [2.45, 2.75) is 58.8 Å². The summed E-state index contributed by atoms with van der Waals surface area (Å²) in [6.07, 6.45) is 9.00. The molecule has 1 saturated carbocycles. The zero-order chi connectivity index (χ0) is 18.9. The highest BCUT2D eigenvalue weighted by Gasteiger charge is 2.18. The molecule has 0 heteroatoms. The summed E-state index contributed by atoms with van der Waals surface area (Å²) in [4.78, 5) is 0. The quantitative estimate of drug-likeness (QED) is 0.544. The molecule has 2 aromatic rings. The van der Waals surface area contributed by atoms with Crippen molar-refractivity contribution in [1.82, 2.24) is 0 Å². The second kappa shape index (κ2) is 10.0. The summed E-state index contributed by atoms with van der Waals surface area (Å²) in [7, 11) is 0. The Labute approximate surface area is 165 Å². The van der Waals surface area contributed by atoms with Crippen LogP contribution in [0.15, 0.2) is 48.5 Å². The molecule has 0 spiro atoms. The SMILES string of the molecule is CCCC1CCC(C#Cc2ccc(C#Cc3ccccc3CC)cc2)CC1. The summed E-state index contributed by atoms with van der Waals surface area (Å²) in [5.74, 6) is 15.0. The summed E-state index contributed by atoms with van der Waals surface area (Å²) < 4.78 is 0. The number of hydrogen-bond acceptors (Lipinski definition) is 0. The Morgan fingerprint density at radius 1 is 0.778 bits per heavy atom. The van der Waals surface area contributed by atoms with E-state index in [-0.39, 0.29) is 0 Å². The maximum Gasteiger partial charge on any atom is 0.0280 e. The Kier molecular flexibility index (Phi) is 7.19. The van der Waals surface area contributed by atoms with Gasteiger partial charge in [0, 0.05) is 22.6 Å². The Morgan fingerprint density at radius 3 is 2.11 bits per heavy atom. The van der Waals surface area contributed by atoms with E-state index in [1.807, 2.05) is 0 Å². The van der Waals surface area contributed by atoms with Crippen LogP contribution in [0, 0.1) is 35.5 Å². The van der Waals surface area contributed by atoms with Crippen molar-refractivity contribution in [3.8, 4) is 23.7 Å². The Hall–Kier alpha value is -2.44. The summed E-state index contributed by atoms with van der Waals surface area (Å²) in [5.41, 5.74) is 4.58. The third kappa shape index (κ3) is 5.77. The molecule has 0 N–H and O–H groups in total. The molecule has 0 saturated heterocycles. The monoisotopic (exact) mass is 354 g/mol. The van der Waals surface area contributed by atoms with Crippen molar-refractivity contribution in [2.75, 3.05) is 0 Å². The van der Waals surface area contributed by atoms with Gasteiger partial charge < -0.3 is 0 Å². The first kappa shape index (κ1) is 19.3. The van der Waals surface area contributed by atoms with E-state index < -0.39 is 0 Å². The molecule has 0 atom stereocenters. The summed E-state index contributed by atoms with van der Waals surface area (Å²) in [5, 5.41) is 0. The van der Waals surface area contributed by atoms with E-state index in [0.717, 1.165) is 29.0 Å². The number of hydrogen-bond donors (Lipinski definition) is 0. The highest BCUT2D eigenvalue weighted by Crippen LogP contribution is 2.31. The fourth-order valence-electron chi connectivity index (χ4n) is 3.92. The van der Waals surface area contributed by atoms with E-state index in [4.69, 9.17) is 0 Å². The molecule has 0 heterocycles. The van der Waals surface area contributed by atoms with Gasteiger partial charge in [-0.1, -0.05) is 68.6 Å². The van der Waals surface area contributed by atoms with Crippen molar-refractivity contribution in [2.24, 2.45) is 11.8 Å². The highest BCUT2D eigenvalue weighted by atomic mass is 14.2. The van der Waals surface area contributed by atoms with Crippen LogP contribution in [0.5, 0.6) is 0 Å². The maximum atomic E-state index is 3.51. The lowest BCUT2D eigenvalue weighted by atomic mass is 9.80. The maximum absolute atomic E-state index is 3.51. The van der Waals surface area contributed by atoms with Crippen molar-refractivity contribution in [3.63, 3.8) is 0 Å². The summed E-state index contributed by atoms with van der Waals surface area (Å²) in [6.45, 7) is 4.47. The summed E-state index contributed by atoms with van der Waals surface area (Å²) >= 11 is 0. The lowest BCUT2D eigenvalue weighted by Crippen LogP contribution is -2.13. The first-order valence-electron chi connectivity index (χ1n) is 10.5. The van der Waals surface area contributed by atoms with Crippen LogP contribution in [0.25, 0.3) is 0 Å². The normalized spacial score (nSPS) is 18.7. The molecule has 0 aliphatic heterocycles. The molecule has 1 aliphatic rings. The van der Waals surface area contributed by atoms with E-state index in [1.54, 1.807) is 0 Å². The predicted octanol–water partition coefficient (Wildman–Crippen LogP) is 6.61. The zero-order valence-electron chi connectivity index (χ0n) is 16.7. The van der Waals surface area contributed by atoms with Gasteiger partial charge in [0.05, 0.1) is 0 Å². The second-order valence-electron chi connectivity index (χ2n) is 7.61. The molecule has 27 heavy (non-hydrogen) atoms. The van der Waals surface area contributed by atoms with E-state index in [0.29, 0.717) is 5.92 Å². The van der Waals surface area contributed by atoms with Gasteiger partial charge in [0.15, 0.2) is 0 Å². The van der Waals surface area contributed by atoms with Crippen LogP contribution < -0.4 is 0 Å². The largest absolute Gasteiger partial charge is 0.0945 e. The van der Waals surface area contributed by atoms with Gasteiger partial charge in [-0.05, 0) is 73.9 Å². The average molecular weight is 355 g/mol. The van der Waals surface area contributed by atoms with Crippen LogP contribution in [0.3, 0.4) is 0 Å². The van der Waals surface area contributed by atoms with Crippen LogP contribution >= 0.6 is 0 Å².